The van der Waals surface area contributed by atoms with E-state index in [1.807, 2.05) is 0 Å². The molecule has 0 bridgehead atoms. The van der Waals surface area contributed by atoms with Crippen LogP contribution in [-0.4, -0.2) is 28.2 Å². The van der Waals surface area contributed by atoms with Crippen LogP contribution in [0.5, 0.6) is 0 Å². The highest BCUT2D eigenvalue weighted by Gasteiger charge is 2.50. The van der Waals surface area contributed by atoms with Gasteiger partial charge in [0.2, 0.25) is 5.91 Å². The normalized spacial score (nSPS) is 34.9. The van der Waals surface area contributed by atoms with E-state index in [2.05, 4.69) is 0 Å². The van der Waals surface area contributed by atoms with Crippen LogP contribution in [0.25, 0.3) is 0 Å². The molecule has 12 heavy (non-hydrogen) atoms. The van der Waals surface area contributed by atoms with Crippen LogP contribution in [0.15, 0.2) is 0 Å². The predicted molar refractivity (Wildman–Crippen MR) is 39.1 cm³/mol. The number of aliphatic hydroxyl groups is 1. The van der Waals surface area contributed by atoms with Gasteiger partial charge in [0.05, 0.1) is 6.10 Å². The van der Waals surface area contributed by atoms with Crippen LogP contribution in [-0.2, 0) is 9.59 Å². The first-order chi connectivity index (χ1) is 5.49. The zero-order valence-corrected chi connectivity index (χ0v) is 6.49. The number of aliphatic hydroxyl groups excluding tert-OH is 1. The Hall–Kier alpha value is -1.10. The zero-order valence-electron chi connectivity index (χ0n) is 6.49. The molecule has 0 spiro atoms. The third kappa shape index (κ3) is 1.16. The molecule has 0 aromatic carbocycles. The van der Waals surface area contributed by atoms with Crippen LogP contribution >= 0.6 is 0 Å². The fraction of sp³-hybridized carbons (Fsp3) is 0.714. The lowest BCUT2D eigenvalue weighted by molar-refractivity contribution is -0.154. The van der Waals surface area contributed by atoms with Gasteiger partial charge in [-0.25, -0.2) is 0 Å². The summed E-state index contributed by atoms with van der Waals surface area (Å²) in [5.74, 6) is -2.09. The molecule has 1 rings (SSSR count). The minimum Gasteiger partial charge on any atom is -0.480 e. The number of hydrogen-bond donors (Lipinski definition) is 3. The first-order valence-corrected chi connectivity index (χ1v) is 3.70. The molecule has 1 aliphatic carbocycles. The van der Waals surface area contributed by atoms with E-state index < -0.39 is 23.4 Å². The predicted octanol–water partition coefficient (Wildman–Crippen LogP) is -0.913. The van der Waals surface area contributed by atoms with E-state index in [1.54, 1.807) is 0 Å². The molecule has 2 unspecified atom stereocenters. The molecule has 4 N–H and O–H groups in total. The van der Waals surface area contributed by atoms with Crippen LogP contribution in [0.3, 0.4) is 0 Å². The van der Waals surface area contributed by atoms with E-state index in [9.17, 15) is 9.59 Å². The first kappa shape index (κ1) is 8.99. The Morgan fingerprint density at radius 3 is 2.25 bits per heavy atom. The summed E-state index contributed by atoms with van der Waals surface area (Å²) in [6.45, 7) is 0. The van der Waals surface area contributed by atoms with Gasteiger partial charge in [-0.2, -0.15) is 0 Å². The molecule has 0 aliphatic heterocycles. The molecule has 0 aromatic rings. The monoisotopic (exact) mass is 173 g/mol. The summed E-state index contributed by atoms with van der Waals surface area (Å²) in [6.07, 6.45) is -0.306. The quantitative estimate of drug-likeness (QED) is 0.470. The molecular weight excluding hydrogens is 162 g/mol. The van der Waals surface area contributed by atoms with E-state index in [0.717, 1.165) is 0 Å². The maximum atomic E-state index is 10.8. The lowest BCUT2D eigenvalue weighted by atomic mass is 9.85. The lowest BCUT2D eigenvalue weighted by Gasteiger charge is -2.18. The van der Waals surface area contributed by atoms with Crippen molar-refractivity contribution in [1.29, 1.82) is 0 Å². The van der Waals surface area contributed by atoms with Crippen molar-refractivity contribution in [2.75, 3.05) is 0 Å². The average Bonchev–Trinajstić information content (AvgIpc) is 2.32. The van der Waals surface area contributed by atoms with Crippen LogP contribution in [0.4, 0.5) is 0 Å². The number of carbonyl (C=O) groups excluding carboxylic acids is 1. The third-order valence-electron chi connectivity index (χ3n) is 2.37. The minimum atomic E-state index is -1.53. The van der Waals surface area contributed by atoms with Crippen LogP contribution in [0.1, 0.15) is 19.3 Å². The number of carbonyl (C=O) groups is 2. The van der Waals surface area contributed by atoms with Gasteiger partial charge in [-0.05, 0) is 19.3 Å². The van der Waals surface area contributed by atoms with Gasteiger partial charge in [0.15, 0.2) is 0 Å². The molecule has 0 aromatic heterocycles. The van der Waals surface area contributed by atoms with E-state index >= 15 is 0 Å². The second-order valence-corrected chi connectivity index (χ2v) is 3.15. The van der Waals surface area contributed by atoms with Gasteiger partial charge in [-0.3, -0.25) is 9.59 Å². The van der Waals surface area contributed by atoms with E-state index in [4.69, 9.17) is 15.9 Å². The smallest absolute Gasteiger partial charge is 0.319 e. The second kappa shape index (κ2) is 2.75. The molecule has 5 heteroatoms. The summed E-state index contributed by atoms with van der Waals surface area (Å²) in [4.78, 5) is 21.5. The highest BCUT2D eigenvalue weighted by Crippen LogP contribution is 2.38. The van der Waals surface area contributed by atoms with Gasteiger partial charge in [-0.1, -0.05) is 0 Å². The summed E-state index contributed by atoms with van der Waals surface area (Å²) in [7, 11) is 0. The number of carboxylic acids is 1. The highest BCUT2D eigenvalue weighted by atomic mass is 16.4. The van der Waals surface area contributed by atoms with Crippen LogP contribution in [0.2, 0.25) is 0 Å². The number of amides is 1. The number of nitrogens with two attached hydrogens (primary N) is 1. The molecule has 68 valence electrons. The molecule has 1 saturated carbocycles. The van der Waals surface area contributed by atoms with E-state index in [1.165, 1.54) is 0 Å². The Morgan fingerprint density at radius 1 is 1.50 bits per heavy atom. The topological polar surface area (TPSA) is 101 Å². The standard InChI is InChI=1S/C7H11NO4/c8-5(10)7(6(11)12)2-1-4(9)3-7/h4,9H,1-3H2,(H2,8,10)(H,11,12). The van der Waals surface area contributed by atoms with Gasteiger partial charge in [0, 0.05) is 0 Å². The summed E-state index contributed by atoms with van der Waals surface area (Å²) in [6, 6.07) is 0. The third-order valence-corrected chi connectivity index (χ3v) is 2.37. The Kier molecular flexibility index (Phi) is 2.06. The number of carboxylic acid groups (broad SMARTS) is 1. The van der Waals surface area contributed by atoms with Crippen molar-refractivity contribution in [2.24, 2.45) is 11.1 Å². The van der Waals surface area contributed by atoms with Crippen molar-refractivity contribution in [3.05, 3.63) is 0 Å². The molecule has 0 radical (unpaired) electrons. The van der Waals surface area contributed by atoms with Crippen molar-refractivity contribution in [3.63, 3.8) is 0 Å². The molecule has 1 aliphatic rings. The SMILES string of the molecule is NC(=O)C1(C(=O)O)CCC(O)C1. The summed E-state index contributed by atoms with van der Waals surface area (Å²) < 4.78 is 0. The van der Waals surface area contributed by atoms with Crippen LogP contribution in [0, 0.1) is 5.41 Å². The number of primary amides is 1. The van der Waals surface area contributed by atoms with Crippen molar-refractivity contribution in [1.82, 2.24) is 0 Å². The summed E-state index contributed by atoms with van der Waals surface area (Å²) in [5.41, 5.74) is 3.44. The number of aliphatic carboxylic acids is 1. The highest BCUT2D eigenvalue weighted by molar-refractivity contribution is 6.01. The number of rotatable bonds is 2. The van der Waals surface area contributed by atoms with Gasteiger partial charge < -0.3 is 15.9 Å². The summed E-state index contributed by atoms with van der Waals surface area (Å²) in [5, 5.41) is 17.8. The summed E-state index contributed by atoms with van der Waals surface area (Å²) >= 11 is 0. The van der Waals surface area contributed by atoms with E-state index in [0.29, 0.717) is 6.42 Å². The molecular formula is C7H11NO4. The maximum Gasteiger partial charge on any atom is 0.319 e. The minimum absolute atomic E-state index is 0.0579. The van der Waals surface area contributed by atoms with E-state index in [-0.39, 0.29) is 12.8 Å². The maximum absolute atomic E-state index is 10.8. The van der Waals surface area contributed by atoms with Crippen molar-refractivity contribution in [2.45, 2.75) is 25.4 Å². The molecule has 0 saturated heterocycles. The molecule has 2 atom stereocenters. The van der Waals surface area contributed by atoms with Gasteiger partial charge in [0.1, 0.15) is 5.41 Å². The number of hydrogen-bond acceptors (Lipinski definition) is 3. The average molecular weight is 173 g/mol. The van der Waals surface area contributed by atoms with Crippen LogP contribution < -0.4 is 5.73 Å². The molecule has 5 nitrogen and oxygen atoms in total. The Bertz CT molecular complexity index is 211. The Morgan fingerprint density at radius 2 is 2.08 bits per heavy atom. The zero-order chi connectivity index (χ0) is 9.35. The van der Waals surface area contributed by atoms with Gasteiger partial charge >= 0.3 is 5.97 Å². The Labute approximate surface area is 69.2 Å². The molecule has 1 amide bonds. The van der Waals surface area contributed by atoms with Gasteiger partial charge in [0.25, 0.3) is 0 Å². The fourth-order valence-electron chi connectivity index (χ4n) is 1.54. The van der Waals surface area contributed by atoms with Crippen molar-refractivity contribution >= 4 is 11.9 Å². The second-order valence-electron chi connectivity index (χ2n) is 3.15. The Balaban J connectivity index is 2.89. The first-order valence-electron chi connectivity index (χ1n) is 3.70. The van der Waals surface area contributed by atoms with Crippen molar-refractivity contribution < 1.29 is 19.8 Å². The largest absolute Gasteiger partial charge is 0.480 e. The molecule has 0 heterocycles. The van der Waals surface area contributed by atoms with Gasteiger partial charge in [-0.15, -0.1) is 0 Å². The molecule has 1 fully saturated rings. The fourth-order valence-corrected chi connectivity index (χ4v) is 1.54. The lowest BCUT2D eigenvalue weighted by Crippen LogP contribution is -2.42. The van der Waals surface area contributed by atoms with Crippen molar-refractivity contribution in [3.8, 4) is 0 Å².